The van der Waals surface area contributed by atoms with Crippen molar-refractivity contribution >= 4 is 47.3 Å². The van der Waals surface area contributed by atoms with Crippen LogP contribution in [-0.4, -0.2) is 29.6 Å². The summed E-state index contributed by atoms with van der Waals surface area (Å²) < 4.78 is 5.57. The first-order valence-corrected chi connectivity index (χ1v) is 6.77. The van der Waals surface area contributed by atoms with Crippen LogP contribution in [-0.2, 0) is 9.53 Å². The lowest BCUT2D eigenvalue weighted by atomic mass is 10.2. The molecule has 0 bridgehead atoms. The number of anilines is 1. The van der Waals surface area contributed by atoms with Crippen LogP contribution in [0.1, 0.15) is 12.8 Å². The summed E-state index contributed by atoms with van der Waals surface area (Å²) in [6, 6.07) is 9.70. The average Bonchev–Trinajstić information content (AvgIpc) is 2.96. The summed E-state index contributed by atoms with van der Waals surface area (Å²) in [5.41, 5.74) is 7.14. The van der Waals surface area contributed by atoms with E-state index in [-0.39, 0.29) is 36.8 Å². The van der Waals surface area contributed by atoms with E-state index in [0.29, 0.717) is 18.7 Å². The third-order valence-corrected chi connectivity index (χ3v) is 3.52. The number of rotatable bonds is 3. The highest BCUT2D eigenvalue weighted by Gasteiger charge is 2.29. The van der Waals surface area contributed by atoms with Gasteiger partial charge in [0.05, 0.1) is 23.5 Å². The summed E-state index contributed by atoms with van der Waals surface area (Å²) in [6.07, 6.45) is 2.81. The Balaban J connectivity index is 0.00000121. The first-order valence-electron chi connectivity index (χ1n) is 6.77. The summed E-state index contributed by atoms with van der Waals surface area (Å²) in [5.74, 6) is -0.127. The Hall–Kier alpha value is -1.40. The second-order valence-corrected chi connectivity index (χ2v) is 4.97. The van der Waals surface area contributed by atoms with Gasteiger partial charge in [-0.15, -0.1) is 24.8 Å². The van der Waals surface area contributed by atoms with Gasteiger partial charge >= 0.3 is 0 Å². The van der Waals surface area contributed by atoms with Gasteiger partial charge in [-0.3, -0.25) is 9.78 Å². The second kappa shape index (κ2) is 8.29. The zero-order valence-electron chi connectivity index (χ0n) is 11.9. The Labute approximate surface area is 141 Å². The zero-order valence-corrected chi connectivity index (χ0v) is 13.5. The third-order valence-electron chi connectivity index (χ3n) is 3.52. The molecule has 5 nitrogen and oxygen atoms in total. The van der Waals surface area contributed by atoms with Gasteiger partial charge < -0.3 is 15.8 Å². The lowest BCUT2D eigenvalue weighted by Crippen LogP contribution is -2.29. The van der Waals surface area contributed by atoms with E-state index < -0.39 is 6.10 Å². The minimum atomic E-state index is -0.407. The lowest BCUT2D eigenvalue weighted by Gasteiger charge is -2.12. The largest absolute Gasteiger partial charge is 0.364 e. The molecule has 0 radical (unpaired) electrons. The van der Waals surface area contributed by atoms with E-state index in [4.69, 9.17) is 10.5 Å². The van der Waals surface area contributed by atoms with Crippen LogP contribution in [0.3, 0.4) is 0 Å². The summed E-state index contributed by atoms with van der Waals surface area (Å²) in [4.78, 5) is 16.4. The molecule has 0 saturated carbocycles. The Morgan fingerprint density at radius 2 is 2.09 bits per heavy atom. The van der Waals surface area contributed by atoms with Crippen molar-refractivity contribution in [3.05, 3.63) is 36.5 Å². The quantitative estimate of drug-likeness (QED) is 0.897. The molecule has 1 aliphatic rings. The van der Waals surface area contributed by atoms with E-state index in [1.807, 2.05) is 30.3 Å². The number of aromatic nitrogens is 1. The molecule has 0 unspecified atom stereocenters. The van der Waals surface area contributed by atoms with E-state index in [2.05, 4.69) is 10.3 Å². The summed E-state index contributed by atoms with van der Waals surface area (Å²) in [5, 5.41) is 3.85. The van der Waals surface area contributed by atoms with E-state index in [1.165, 1.54) is 0 Å². The zero-order chi connectivity index (χ0) is 13.9. The number of nitrogens with two attached hydrogens (primary N) is 1. The fraction of sp³-hybridized carbons (Fsp3) is 0.333. The first-order chi connectivity index (χ1) is 9.76. The predicted molar refractivity (Wildman–Crippen MR) is 91.8 cm³/mol. The molecule has 0 aliphatic carbocycles. The molecule has 7 heteroatoms. The summed E-state index contributed by atoms with van der Waals surface area (Å²) in [7, 11) is 0. The predicted octanol–water partition coefficient (Wildman–Crippen LogP) is 2.52. The molecule has 3 N–H and O–H groups in total. The lowest BCUT2D eigenvalue weighted by molar-refractivity contribution is -0.126. The molecule has 120 valence electrons. The number of carbonyl (C=O) groups is 1. The standard InChI is InChI=1S/C15H17N3O2.2ClH/c16-8-12-5-6-14(20-12)15(19)18-11-7-10-3-1-2-4-13(10)17-9-11;;/h1-4,7,9,12,14H,5-6,8,16H2,(H,18,19);2*1H/t12-,14+;;/m1../s1. The highest BCUT2D eigenvalue weighted by Crippen LogP contribution is 2.21. The number of benzene rings is 1. The molecule has 1 aromatic carbocycles. The fourth-order valence-electron chi connectivity index (χ4n) is 2.43. The van der Waals surface area contributed by atoms with Crippen LogP contribution in [0.4, 0.5) is 5.69 Å². The first kappa shape index (κ1) is 18.6. The minimum Gasteiger partial charge on any atom is -0.364 e. The van der Waals surface area contributed by atoms with Crippen molar-refractivity contribution in [1.82, 2.24) is 4.98 Å². The normalized spacial score (nSPS) is 20.0. The van der Waals surface area contributed by atoms with Gasteiger partial charge in [-0.25, -0.2) is 0 Å². The van der Waals surface area contributed by atoms with E-state index in [1.54, 1.807) is 6.20 Å². The van der Waals surface area contributed by atoms with Crippen molar-refractivity contribution in [2.75, 3.05) is 11.9 Å². The summed E-state index contributed by atoms with van der Waals surface area (Å²) >= 11 is 0. The highest BCUT2D eigenvalue weighted by molar-refractivity contribution is 5.96. The van der Waals surface area contributed by atoms with Gasteiger partial charge in [0, 0.05) is 11.9 Å². The van der Waals surface area contributed by atoms with Crippen molar-refractivity contribution in [3.8, 4) is 0 Å². The SMILES string of the molecule is Cl.Cl.NC[C@H]1CC[C@@H](C(=O)Nc2cnc3ccccc3c2)O1. The number of amides is 1. The number of pyridine rings is 1. The van der Waals surface area contributed by atoms with Crippen LogP contribution in [0.5, 0.6) is 0 Å². The Morgan fingerprint density at radius 1 is 1.32 bits per heavy atom. The molecule has 2 atom stereocenters. The van der Waals surface area contributed by atoms with Gasteiger partial charge in [-0.2, -0.15) is 0 Å². The van der Waals surface area contributed by atoms with Gasteiger partial charge in [0.2, 0.25) is 0 Å². The smallest absolute Gasteiger partial charge is 0.253 e. The number of hydrogen-bond donors (Lipinski definition) is 2. The number of nitrogens with one attached hydrogen (secondary N) is 1. The Bertz CT molecular complexity index is 639. The van der Waals surface area contributed by atoms with Crippen LogP contribution < -0.4 is 11.1 Å². The molecule has 0 spiro atoms. The van der Waals surface area contributed by atoms with Gasteiger partial charge in [0.15, 0.2) is 0 Å². The Morgan fingerprint density at radius 3 is 2.82 bits per heavy atom. The molecule has 1 aromatic heterocycles. The molecule has 1 aliphatic heterocycles. The molecular weight excluding hydrogens is 325 g/mol. The number of ether oxygens (including phenoxy) is 1. The van der Waals surface area contributed by atoms with Crippen LogP contribution in [0.25, 0.3) is 10.9 Å². The number of nitrogens with zero attached hydrogens (tertiary/aromatic N) is 1. The maximum absolute atomic E-state index is 12.1. The topological polar surface area (TPSA) is 77.2 Å². The van der Waals surface area contributed by atoms with E-state index in [9.17, 15) is 4.79 Å². The van der Waals surface area contributed by atoms with Crippen molar-refractivity contribution in [1.29, 1.82) is 0 Å². The van der Waals surface area contributed by atoms with Crippen LogP contribution in [0, 0.1) is 0 Å². The molecule has 2 aromatic rings. The van der Waals surface area contributed by atoms with E-state index in [0.717, 1.165) is 17.3 Å². The van der Waals surface area contributed by atoms with Gasteiger partial charge in [-0.05, 0) is 25.0 Å². The van der Waals surface area contributed by atoms with Gasteiger partial charge in [0.25, 0.3) is 5.91 Å². The average molecular weight is 344 g/mol. The molecular formula is C15H19Cl2N3O2. The third kappa shape index (κ3) is 4.08. The molecule has 22 heavy (non-hydrogen) atoms. The maximum Gasteiger partial charge on any atom is 0.253 e. The van der Waals surface area contributed by atoms with Gasteiger partial charge in [0.1, 0.15) is 6.10 Å². The molecule has 1 saturated heterocycles. The molecule has 3 rings (SSSR count). The van der Waals surface area contributed by atoms with Crippen LogP contribution in [0.2, 0.25) is 0 Å². The van der Waals surface area contributed by atoms with Crippen molar-refractivity contribution in [2.45, 2.75) is 25.0 Å². The second-order valence-electron chi connectivity index (χ2n) is 4.97. The van der Waals surface area contributed by atoms with Crippen LogP contribution in [0.15, 0.2) is 36.5 Å². The number of halogens is 2. The van der Waals surface area contributed by atoms with Crippen molar-refractivity contribution in [2.24, 2.45) is 5.73 Å². The van der Waals surface area contributed by atoms with Crippen LogP contribution >= 0.6 is 24.8 Å². The van der Waals surface area contributed by atoms with Gasteiger partial charge in [-0.1, -0.05) is 18.2 Å². The summed E-state index contributed by atoms with van der Waals surface area (Å²) in [6.45, 7) is 0.460. The molecule has 2 heterocycles. The maximum atomic E-state index is 12.1. The molecule has 1 fully saturated rings. The molecule has 1 amide bonds. The van der Waals surface area contributed by atoms with Crippen molar-refractivity contribution in [3.63, 3.8) is 0 Å². The van der Waals surface area contributed by atoms with E-state index >= 15 is 0 Å². The number of carbonyl (C=O) groups excluding carboxylic acids is 1. The highest BCUT2D eigenvalue weighted by atomic mass is 35.5. The number of hydrogen-bond acceptors (Lipinski definition) is 4. The number of fused-ring (bicyclic) bond motifs is 1. The Kier molecular flexibility index (Phi) is 7.03. The monoisotopic (exact) mass is 343 g/mol. The van der Waals surface area contributed by atoms with Crippen molar-refractivity contribution < 1.29 is 9.53 Å². The minimum absolute atomic E-state index is 0. The fourth-order valence-corrected chi connectivity index (χ4v) is 2.43. The number of para-hydroxylation sites is 1.